The van der Waals surface area contributed by atoms with Crippen LogP contribution in [0.5, 0.6) is 0 Å². The van der Waals surface area contributed by atoms with Crippen LogP contribution in [0, 0.1) is 23.0 Å². The maximum atomic E-state index is 13.5. The minimum Gasteiger partial charge on any atom is -0.293 e. The number of nitro benzene ring substituents is 1. The summed E-state index contributed by atoms with van der Waals surface area (Å²) in [6.45, 7) is 1.85. The predicted octanol–water partition coefficient (Wildman–Crippen LogP) is 3.08. The van der Waals surface area contributed by atoms with Gasteiger partial charge in [-0.3, -0.25) is 34.1 Å². The van der Waals surface area contributed by atoms with Crippen LogP contribution in [-0.4, -0.2) is 45.6 Å². The predicted molar refractivity (Wildman–Crippen MR) is 138 cm³/mol. The molecular weight excluding hydrogens is 546 g/mol. The summed E-state index contributed by atoms with van der Waals surface area (Å²) in [6.07, 6.45) is 2.64. The molecule has 12 nitrogen and oxygen atoms in total. The normalized spacial score (nSPS) is 17.5. The van der Waals surface area contributed by atoms with Crippen molar-refractivity contribution in [3.8, 4) is 0 Å². The third kappa shape index (κ3) is 4.53. The monoisotopic (exact) mass is 565 g/mol. The number of hydrogen-bond donors (Lipinski definition) is 0. The zero-order valence-corrected chi connectivity index (χ0v) is 22.0. The molecule has 0 N–H and O–H groups in total. The van der Waals surface area contributed by atoms with Gasteiger partial charge in [-0.2, -0.15) is 5.10 Å². The van der Waals surface area contributed by atoms with Crippen molar-refractivity contribution in [2.75, 3.05) is 4.90 Å². The van der Waals surface area contributed by atoms with Crippen LogP contribution < -0.4 is 4.90 Å². The molecule has 2 atom stereocenters. The summed E-state index contributed by atoms with van der Waals surface area (Å²) >= 11 is 0.639. The fourth-order valence-electron chi connectivity index (χ4n) is 4.28. The number of benzene rings is 2. The summed E-state index contributed by atoms with van der Waals surface area (Å²) in [4.78, 5) is 55.2. The molecule has 1 amide bonds. The van der Waals surface area contributed by atoms with Gasteiger partial charge in [-0.25, -0.2) is 13.4 Å². The van der Waals surface area contributed by atoms with E-state index in [4.69, 9.17) is 0 Å². The molecular formula is C25H19N5O7S2. The number of aryl methyl sites for hydroxylation is 2. The van der Waals surface area contributed by atoms with E-state index in [9.17, 15) is 32.9 Å². The first-order valence-electron chi connectivity index (χ1n) is 11.4. The van der Waals surface area contributed by atoms with Gasteiger partial charge in [0.1, 0.15) is 16.2 Å². The Morgan fingerprint density at radius 3 is 2.31 bits per heavy atom. The Morgan fingerprint density at radius 1 is 1.05 bits per heavy atom. The summed E-state index contributed by atoms with van der Waals surface area (Å²) < 4.78 is 27.6. The first-order chi connectivity index (χ1) is 18.5. The summed E-state index contributed by atoms with van der Waals surface area (Å²) in [5, 5.41) is 15.1. The van der Waals surface area contributed by atoms with Gasteiger partial charge in [0.25, 0.3) is 11.6 Å². The van der Waals surface area contributed by atoms with Gasteiger partial charge in [0.05, 0.1) is 21.7 Å². The number of anilines is 1. The number of carbonyl (C=O) groups excluding carboxylic acids is 3. The van der Waals surface area contributed by atoms with E-state index in [1.165, 1.54) is 4.68 Å². The largest absolute Gasteiger partial charge is 0.297 e. The molecule has 0 radical (unpaired) electrons. The van der Waals surface area contributed by atoms with Crippen molar-refractivity contribution in [2.45, 2.75) is 22.1 Å². The fraction of sp³-hybridized carbons (Fsp3) is 0.160. The Morgan fingerprint density at radius 2 is 1.72 bits per heavy atom. The Kier molecular flexibility index (Phi) is 6.44. The molecule has 1 fully saturated rings. The number of carbonyl (C=O) groups is 3. The van der Waals surface area contributed by atoms with Crippen LogP contribution in [0.2, 0.25) is 0 Å². The number of thiazole rings is 1. The van der Waals surface area contributed by atoms with E-state index >= 15 is 0 Å². The van der Waals surface area contributed by atoms with Gasteiger partial charge in [-0.15, -0.1) is 0 Å². The molecule has 14 heteroatoms. The Labute approximate surface area is 225 Å². The van der Waals surface area contributed by atoms with Crippen LogP contribution in [0.4, 0.5) is 10.8 Å². The molecule has 1 saturated heterocycles. The molecule has 0 spiro atoms. The molecule has 198 valence electrons. The molecule has 2 aromatic heterocycles. The Bertz CT molecular complexity index is 1740. The van der Waals surface area contributed by atoms with Crippen LogP contribution in [0.25, 0.3) is 0 Å². The van der Waals surface area contributed by atoms with Crippen molar-refractivity contribution >= 4 is 49.5 Å². The second kappa shape index (κ2) is 9.63. The number of rotatable bonds is 7. The summed E-state index contributed by atoms with van der Waals surface area (Å²) in [7, 11) is -2.51. The van der Waals surface area contributed by atoms with Gasteiger partial charge in [0, 0.05) is 30.9 Å². The van der Waals surface area contributed by atoms with Crippen molar-refractivity contribution in [3.05, 3.63) is 93.9 Å². The van der Waals surface area contributed by atoms with Crippen molar-refractivity contribution < 1.29 is 27.7 Å². The lowest BCUT2D eigenvalue weighted by Crippen LogP contribution is -2.31. The number of sulfone groups is 1. The lowest BCUT2D eigenvalue weighted by Gasteiger charge is -2.23. The second-order valence-corrected chi connectivity index (χ2v) is 12.0. The molecule has 4 aromatic rings. The quantitative estimate of drug-likeness (QED) is 0.108. The minimum atomic E-state index is -4.15. The maximum absolute atomic E-state index is 13.5. The molecule has 0 aliphatic carbocycles. The van der Waals surface area contributed by atoms with E-state index in [-0.39, 0.29) is 31.2 Å². The van der Waals surface area contributed by atoms with E-state index in [2.05, 4.69) is 10.1 Å². The van der Waals surface area contributed by atoms with Crippen molar-refractivity contribution in [1.29, 1.82) is 0 Å². The zero-order valence-electron chi connectivity index (χ0n) is 20.4. The smallest absolute Gasteiger partial charge is 0.293 e. The second-order valence-electron chi connectivity index (χ2n) is 8.82. The number of aromatic nitrogens is 3. The van der Waals surface area contributed by atoms with Gasteiger partial charge in [0.2, 0.25) is 15.6 Å². The van der Waals surface area contributed by atoms with Crippen molar-refractivity contribution in [1.82, 2.24) is 14.8 Å². The number of ketones is 2. The molecule has 0 bridgehead atoms. The first-order valence-corrected chi connectivity index (χ1v) is 13.7. The van der Waals surface area contributed by atoms with E-state index in [0.29, 0.717) is 11.3 Å². The van der Waals surface area contributed by atoms with E-state index in [0.717, 1.165) is 40.9 Å². The van der Waals surface area contributed by atoms with Crippen LogP contribution in [0.3, 0.4) is 0 Å². The van der Waals surface area contributed by atoms with Crippen molar-refractivity contribution in [3.63, 3.8) is 0 Å². The third-order valence-corrected chi connectivity index (χ3v) is 9.49. The lowest BCUT2D eigenvalue weighted by molar-refractivity contribution is -0.384. The number of nitrogens with zero attached hydrogens (tertiary/aromatic N) is 5. The maximum Gasteiger partial charge on any atom is 0.297 e. The highest BCUT2D eigenvalue weighted by atomic mass is 32.2. The van der Waals surface area contributed by atoms with Gasteiger partial charge in [-0.05, 0) is 25.1 Å². The van der Waals surface area contributed by atoms with Gasteiger partial charge in [0.15, 0.2) is 10.9 Å². The minimum absolute atomic E-state index is 0.108. The zero-order chi connectivity index (χ0) is 28.1. The number of nitro groups is 1. The van der Waals surface area contributed by atoms with E-state index in [1.54, 1.807) is 43.6 Å². The molecule has 2 unspecified atom stereocenters. The Balaban J connectivity index is 1.56. The average molecular weight is 566 g/mol. The standard InChI is InChI=1S/C25H19N5O7S2/c1-14-3-5-15(6-4-14)22(31)20-21(18-11-12-28(2)27-18)29(24(33)23(20)32)25-26-13-19(38-25)39(36,37)17-9-7-16(8-10-17)30(34)35/h3-13,20-21H,1-2H3. The molecule has 1 aliphatic heterocycles. The topological polar surface area (TPSA) is 162 Å². The molecule has 5 rings (SSSR count). The highest BCUT2D eigenvalue weighted by Crippen LogP contribution is 2.43. The van der Waals surface area contributed by atoms with E-state index in [1.807, 2.05) is 6.92 Å². The van der Waals surface area contributed by atoms with Gasteiger partial charge < -0.3 is 0 Å². The number of hydrogen-bond acceptors (Lipinski definition) is 10. The molecule has 3 heterocycles. The number of non-ortho nitro benzene ring substituents is 1. The van der Waals surface area contributed by atoms with Crippen LogP contribution in [0.1, 0.15) is 27.7 Å². The highest BCUT2D eigenvalue weighted by molar-refractivity contribution is 7.93. The van der Waals surface area contributed by atoms with Crippen LogP contribution in [-0.2, 0) is 26.5 Å². The lowest BCUT2D eigenvalue weighted by atomic mass is 9.88. The highest BCUT2D eigenvalue weighted by Gasteiger charge is 2.54. The van der Waals surface area contributed by atoms with Crippen molar-refractivity contribution in [2.24, 2.45) is 13.0 Å². The Hall–Kier alpha value is -4.56. The van der Waals surface area contributed by atoms with Gasteiger partial charge >= 0.3 is 0 Å². The number of Topliss-reactive ketones (excluding diaryl/α,β-unsaturated/α-hetero) is 2. The average Bonchev–Trinajstić information content (AvgIpc) is 3.63. The molecule has 1 aliphatic rings. The fourth-order valence-corrected chi connectivity index (χ4v) is 6.83. The molecule has 2 aromatic carbocycles. The van der Waals surface area contributed by atoms with Crippen LogP contribution in [0.15, 0.2) is 76.1 Å². The third-order valence-electron chi connectivity index (χ3n) is 6.26. The summed E-state index contributed by atoms with van der Waals surface area (Å²) in [5.41, 5.74) is 1.14. The summed E-state index contributed by atoms with van der Waals surface area (Å²) in [6, 6.07) is 11.3. The molecule has 39 heavy (non-hydrogen) atoms. The molecule has 0 saturated carbocycles. The van der Waals surface area contributed by atoms with E-state index < -0.39 is 44.2 Å². The summed E-state index contributed by atoms with van der Waals surface area (Å²) in [5.74, 6) is -3.95. The van der Waals surface area contributed by atoms with Gasteiger partial charge in [-0.1, -0.05) is 41.2 Å². The number of amides is 1. The first kappa shape index (κ1) is 26.1. The SMILES string of the molecule is Cc1ccc(C(=O)C2C(=O)C(=O)N(c3ncc(S(=O)(=O)c4ccc([N+](=O)[O-])cc4)s3)C2c2ccn(C)n2)cc1. The van der Waals surface area contributed by atoms with Crippen LogP contribution >= 0.6 is 11.3 Å².